The van der Waals surface area contributed by atoms with Gasteiger partial charge in [-0.25, -0.2) is 18.7 Å². The van der Waals surface area contributed by atoms with E-state index in [9.17, 15) is 18.7 Å². The minimum Gasteiger partial charge on any atom is -0.393 e. The fourth-order valence-electron chi connectivity index (χ4n) is 6.37. The summed E-state index contributed by atoms with van der Waals surface area (Å²) in [6, 6.07) is 3.55. The molecule has 1 amide bonds. The van der Waals surface area contributed by atoms with E-state index in [1.807, 2.05) is 9.47 Å². The van der Waals surface area contributed by atoms with E-state index in [2.05, 4.69) is 32.5 Å². The molecule has 2 saturated carbocycles. The average molecular weight is 585 g/mol. The lowest BCUT2D eigenvalue weighted by Crippen LogP contribution is -2.49. The first-order valence-electron chi connectivity index (χ1n) is 14.7. The fourth-order valence-corrected chi connectivity index (χ4v) is 6.37. The number of aliphatic hydroxyl groups excluding tert-OH is 1. The molecule has 0 spiro atoms. The first-order valence-corrected chi connectivity index (χ1v) is 14.7. The van der Waals surface area contributed by atoms with Crippen molar-refractivity contribution in [2.45, 2.75) is 77.0 Å². The number of fused-ring (bicyclic) bond motifs is 1. The van der Waals surface area contributed by atoms with Crippen LogP contribution < -0.4 is 10.6 Å². The summed E-state index contributed by atoms with van der Waals surface area (Å²) in [7, 11) is 2.09. The van der Waals surface area contributed by atoms with Crippen LogP contribution in [0.4, 0.5) is 26.4 Å². The molecule has 6 rings (SSSR count). The molecule has 0 radical (unpaired) electrons. The monoisotopic (exact) mass is 584 g/mol. The number of aliphatic hydroxyl groups is 1. The van der Waals surface area contributed by atoms with Gasteiger partial charge in [0.15, 0.2) is 5.65 Å². The van der Waals surface area contributed by atoms with Crippen molar-refractivity contribution in [1.29, 1.82) is 0 Å². The van der Waals surface area contributed by atoms with E-state index in [1.54, 1.807) is 6.20 Å². The molecule has 2 aliphatic carbocycles. The van der Waals surface area contributed by atoms with Gasteiger partial charge in [-0.1, -0.05) is 7.43 Å². The lowest BCUT2D eigenvalue weighted by molar-refractivity contribution is -0.138. The second kappa shape index (κ2) is 12.9. The summed E-state index contributed by atoms with van der Waals surface area (Å²) in [5.74, 6) is -0.110. The van der Waals surface area contributed by atoms with Gasteiger partial charge < -0.3 is 25.5 Å². The number of carbonyl (C=O) groups is 1. The molecule has 1 aromatic carbocycles. The molecule has 0 bridgehead atoms. The van der Waals surface area contributed by atoms with Crippen LogP contribution in [-0.2, 0) is 4.79 Å². The molecular weight excluding hydrogens is 542 g/mol. The van der Waals surface area contributed by atoms with Gasteiger partial charge in [0.2, 0.25) is 17.8 Å². The highest BCUT2D eigenvalue weighted by Gasteiger charge is 2.31. The Labute approximate surface area is 245 Å². The number of halogens is 2. The number of aromatic nitrogens is 4. The SMILES string of the molecule is C.CN1CCN(C(=O)C2CCC(Nc3ncc4nc(Nc5ccc(F)cc5F)n(C5CCC(O)CC5)c4n3)CC2)CC1. The summed E-state index contributed by atoms with van der Waals surface area (Å²) in [6.07, 6.45) is 7.49. The summed E-state index contributed by atoms with van der Waals surface area (Å²) in [4.78, 5) is 31.3. The lowest BCUT2D eigenvalue weighted by atomic mass is 9.85. The van der Waals surface area contributed by atoms with E-state index in [0.717, 1.165) is 70.8 Å². The Morgan fingerprint density at radius 1 is 0.976 bits per heavy atom. The van der Waals surface area contributed by atoms with E-state index in [4.69, 9.17) is 4.98 Å². The Hall–Kier alpha value is -3.38. The van der Waals surface area contributed by atoms with Gasteiger partial charge in [-0.3, -0.25) is 9.36 Å². The number of hydrogen-bond acceptors (Lipinski definition) is 8. The minimum atomic E-state index is -0.710. The van der Waals surface area contributed by atoms with Crippen LogP contribution >= 0.6 is 0 Å². The highest BCUT2D eigenvalue weighted by Crippen LogP contribution is 2.36. The van der Waals surface area contributed by atoms with Crippen molar-refractivity contribution in [1.82, 2.24) is 29.3 Å². The molecule has 3 aromatic rings. The van der Waals surface area contributed by atoms with Crippen LogP contribution in [0.1, 0.15) is 64.8 Å². The number of carbonyl (C=O) groups excluding carboxylic acids is 1. The van der Waals surface area contributed by atoms with E-state index < -0.39 is 11.6 Å². The van der Waals surface area contributed by atoms with Gasteiger partial charge in [0.05, 0.1) is 18.0 Å². The standard InChI is InChI=1S/C29H38F2N8O2.CH4/c1-37-12-14-38(15-13-37)27(41)18-2-5-20(6-3-18)33-28-32-17-25-26(36-28)39(21-7-9-22(40)10-8-21)29(35-25)34-24-11-4-19(30)16-23(24)31;/h4,11,16-18,20-22,40H,2-3,5-10,12-15H2,1H3,(H,34,35)(H,32,33,36);1H4. The molecule has 2 aromatic heterocycles. The van der Waals surface area contributed by atoms with Crippen molar-refractivity contribution in [3.05, 3.63) is 36.0 Å². The first kappa shape index (κ1) is 30.1. The molecule has 3 aliphatic rings. The number of piperazine rings is 1. The summed E-state index contributed by atoms with van der Waals surface area (Å²) in [5, 5.41) is 16.6. The van der Waals surface area contributed by atoms with Crippen LogP contribution in [-0.4, -0.2) is 85.7 Å². The zero-order chi connectivity index (χ0) is 28.5. The fraction of sp³-hybridized carbons (Fsp3) is 0.600. The predicted molar refractivity (Wildman–Crippen MR) is 159 cm³/mol. The Morgan fingerprint density at radius 2 is 1.69 bits per heavy atom. The molecule has 42 heavy (non-hydrogen) atoms. The second-order valence-corrected chi connectivity index (χ2v) is 11.7. The third-order valence-corrected chi connectivity index (χ3v) is 8.87. The van der Waals surface area contributed by atoms with Crippen molar-refractivity contribution in [2.75, 3.05) is 43.9 Å². The van der Waals surface area contributed by atoms with E-state index in [-0.39, 0.29) is 43.1 Å². The van der Waals surface area contributed by atoms with Crippen molar-refractivity contribution in [3.63, 3.8) is 0 Å². The van der Waals surface area contributed by atoms with E-state index in [1.165, 1.54) is 12.1 Å². The number of benzene rings is 1. The summed E-state index contributed by atoms with van der Waals surface area (Å²) in [6.45, 7) is 3.46. The van der Waals surface area contributed by atoms with Gasteiger partial charge in [-0.2, -0.15) is 4.98 Å². The van der Waals surface area contributed by atoms with Crippen LogP contribution in [0.5, 0.6) is 0 Å². The van der Waals surface area contributed by atoms with Crippen LogP contribution in [0.15, 0.2) is 24.4 Å². The summed E-state index contributed by atoms with van der Waals surface area (Å²) < 4.78 is 30.0. The van der Waals surface area contributed by atoms with Crippen LogP contribution in [0.3, 0.4) is 0 Å². The van der Waals surface area contributed by atoms with Gasteiger partial charge in [0, 0.05) is 50.2 Å². The van der Waals surface area contributed by atoms with Crippen LogP contribution in [0, 0.1) is 17.6 Å². The molecule has 12 heteroatoms. The number of nitrogens with one attached hydrogen (secondary N) is 2. The second-order valence-electron chi connectivity index (χ2n) is 11.7. The third kappa shape index (κ3) is 6.49. The molecule has 10 nitrogen and oxygen atoms in total. The van der Waals surface area contributed by atoms with Crippen molar-refractivity contribution in [3.8, 4) is 0 Å². The summed E-state index contributed by atoms with van der Waals surface area (Å²) >= 11 is 0. The van der Waals surface area contributed by atoms with Gasteiger partial charge in [0.25, 0.3) is 0 Å². The maximum atomic E-state index is 14.5. The van der Waals surface area contributed by atoms with Gasteiger partial charge in [-0.15, -0.1) is 0 Å². The summed E-state index contributed by atoms with van der Waals surface area (Å²) in [5.41, 5.74) is 1.30. The first-order chi connectivity index (χ1) is 19.8. The number of hydrogen-bond donors (Lipinski definition) is 3. The van der Waals surface area contributed by atoms with Gasteiger partial charge in [0.1, 0.15) is 17.2 Å². The Morgan fingerprint density at radius 3 is 2.38 bits per heavy atom. The van der Waals surface area contributed by atoms with Gasteiger partial charge in [-0.05, 0) is 70.5 Å². The number of imidazole rings is 1. The van der Waals surface area contributed by atoms with Crippen molar-refractivity contribution < 1.29 is 18.7 Å². The molecule has 3 N–H and O–H groups in total. The maximum Gasteiger partial charge on any atom is 0.225 e. The Bertz CT molecular complexity index is 1380. The largest absolute Gasteiger partial charge is 0.393 e. The normalized spacial score (nSPS) is 25.2. The molecule has 3 heterocycles. The third-order valence-electron chi connectivity index (χ3n) is 8.87. The van der Waals surface area contributed by atoms with Crippen LogP contribution in [0.2, 0.25) is 0 Å². The quantitative estimate of drug-likeness (QED) is 0.382. The number of anilines is 3. The molecule has 1 saturated heterocycles. The molecule has 0 atom stereocenters. The van der Waals surface area contributed by atoms with Crippen molar-refractivity contribution >= 4 is 34.7 Å². The molecule has 1 aliphatic heterocycles. The predicted octanol–water partition coefficient (Wildman–Crippen LogP) is 4.70. The minimum absolute atomic E-state index is 0. The zero-order valence-electron chi connectivity index (χ0n) is 23.4. The Balaban J connectivity index is 0.00000353. The Kier molecular flexibility index (Phi) is 9.22. The number of amides is 1. The highest BCUT2D eigenvalue weighted by molar-refractivity contribution is 5.79. The van der Waals surface area contributed by atoms with Crippen molar-refractivity contribution in [2.24, 2.45) is 5.92 Å². The van der Waals surface area contributed by atoms with E-state index >= 15 is 0 Å². The van der Waals surface area contributed by atoms with E-state index in [0.29, 0.717) is 35.9 Å². The topological polar surface area (TPSA) is 111 Å². The molecular formula is C30H42F2N8O2. The zero-order valence-corrected chi connectivity index (χ0v) is 23.4. The molecule has 0 unspecified atom stereocenters. The maximum absolute atomic E-state index is 14.5. The van der Waals surface area contributed by atoms with Gasteiger partial charge >= 0.3 is 0 Å². The number of likely N-dealkylation sites (N-methyl/N-ethyl adjacent to an activating group) is 1. The van der Waals surface area contributed by atoms with Crippen LogP contribution in [0.25, 0.3) is 11.2 Å². The average Bonchev–Trinajstić information content (AvgIpc) is 3.32. The molecule has 3 fully saturated rings. The number of rotatable bonds is 6. The number of nitrogens with zero attached hydrogens (tertiary/aromatic N) is 6. The smallest absolute Gasteiger partial charge is 0.225 e. The highest BCUT2D eigenvalue weighted by atomic mass is 19.1. The molecule has 228 valence electrons. The lowest BCUT2D eigenvalue weighted by Gasteiger charge is -2.36.